The third kappa shape index (κ3) is 3.10. The summed E-state index contributed by atoms with van der Waals surface area (Å²) in [4.78, 5) is 26.9. The van der Waals surface area contributed by atoms with E-state index in [2.05, 4.69) is 13.0 Å². The molecule has 0 N–H and O–H groups in total. The topological polar surface area (TPSA) is 51.5 Å². The summed E-state index contributed by atoms with van der Waals surface area (Å²) >= 11 is 0. The van der Waals surface area contributed by atoms with E-state index >= 15 is 0 Å². The van der Waals surface area contributed by atoms with E-state index in [1.54, 1.807) is 16.5 Å². The molecule has 0 saturated carbocycles. The molecule has 5 nitrogen and oxygen atoms in total. The molecule has 1 amide bonds. The average molecular weight is 362 g/mol. The van der Waals surface area contributed by atoms with Crippen LogP contribution in [0.4, 0.5) is 0 Å². The lowest BCUT2D eigenvalue weighted by Gasteiger charge is -2.39. The van der Waals surface area contributed by atoms with Crippen LogP contribution in [0.1, 0.15) is 22.8 Å². The number of pyridine rings is 1. The predicted octanol–water partition coefficient (Wildman–Crippen LogP) is 3.00. The molecule has 3 aromatic rings. The number of hydrogen-bond acceptors (Lipinski definition) is 3. The van der Waals surface area contributed by atoms with Crippen molar-refractivity contribution in [3.8, 4) is 5.75 Å². The molecule has 0 atom stereocenters. The van der Waals surface area contributed by atoms with Crippen LogP contribution in [0.5, 0.6) is 5.75 Å². The van der Waals surface area contributed by atoms with Crippen LogP contribution in [0.3, 0.4) is 0 Å². The van der Waals surface area contributed by atoms with E-state index < -0.39 is 0 Å². The molecule has 1 fully saturated rings. The molecule has 1 aliphatic rings. The van der Waals surface area contributed by atoms with Crippen LogP contribution in [0.2, 0.25) is 0 Å². The van der Waals surface area contributed by atoms with E-state index in [-0.39, 0.29) is 17.6 Å². The Morgan fingerprint density at radius 3 is 2.59 bits per heavy atom. The Hall–Kier alpha value is -3.08. The average Bonchev–Trinajstić information content (AvgIpc) is 2.67. The normalized spacial score (nSPS) is 14.2. The summed E-state index contributed by atoms with van der Waals surface area (Å²) in [5.74, 6) is 0.767. The van der Waals surface area contributed by atoms with Crippen molar-refractivity contribution < 1.29 is 9.53 Å². The molecule has 0 spiro atoms. The van der Waals surface area contributed by atoms with Crippen LogP contribution in [-0.4, -0.2) is 34.6 Å². The number of hydrogen-bond donors (Lipinski definition) is 0. The zero-order valence-electron chi connectivity index (χ0n) is 15.5. The first kappa shape index (κ1) is 17.3. The Labute approximate surface area is 157 Å². The fourth-order valence-electron chi connectivity index (χ4n) is 3.53. The molecule has 0 aliphatic carbocycles. The molecule has 1 aromatic heterocycles. The van der Waals surface area contributed by atoms with Crippen molar-refractivity contribution in [2.45, 2.75) is 19.4 Å². The van der Waals surface area contributed by atoms with Gasteiger partial charge in [0, 0.05) is 18.5 Å². The van der Waals surface area contributed by atoms with Crippen LogP contribution in [0, 0.1) is 0 Å². The molecule has 1 saturated heterocycles. The molecule has 0 unspecified atom stereocenters. The van der Waals surface area contributed by atoms with Crippen molar-refractivity contribution in [1.29, 1.82) is 0 Å². The lowest BCUT2D eigenvalue weighted by molar-refractivity contribution is 0.0176. The van der Waals surface area contributed by atoms with Gasteiger partial charge in [-0.3, -0.25) is 9.59 Å². The maximum atomic E-state index is 12.9. The minimum absolute atomic E-state index is 0.0144. The number of carbonyl (C=O) groups excluding carboxylic acids is 1. The summed E-state index contributed by atoms with van der Waals surface area (Å²) in [6.45, 7) is 3.15. The number of likely N-dealkylation sites (tertiary alicyclic amines) is 1. The quantitative estimate of drug-likeness (QED) is 0.717. The smallest absolute Gasteiger partial charge is 0.255 e. The van der Waals surface area contributed by atoms with Crippen molar-refractivity contribution in [2.75, 3.05) is 13.1 Å². The standard InChI is InChI=1S/C22H22N2O3/c1-3-15-8-4-7-11-20(15)27-16-13-24(14-16)22(26)18-12-21(25)23(2)19-10-6-5-9-17(18)19/h4-12,16H,3,13-14H2,1-2H3. The summed E-state index contributed by atoms with van der Waals surface area (Å²) in [5, 5.41) is 0.797. The molecule has 0 radical (unpaired) electrons. The number of rotatable bonds is 4. The summed E-state index contributed by atoms with van der Waals surface area (Å²) in [6.07, 6.45) is 0.893. The minimum atomic E-state index is -0.178. The summed E-state index contributed by atoms with van der Waals surface area (Å²) in [7, 11) is 1.72. The van der Waals surface area contributed by atoms with Gasteiger partial charge in [-0.05, 0) is 24.1 Å². The number of carbonyl (C=O) groups is 1. The van der Waals surface area contributed by atoms with E-state index in [0.717, 1.165) is 23.1 Å². The van der Waals surface area contributed by atoms with Gasteiger partial charge in [0.15, 0.2) is 0 Å². The van der Waals surface area contributed by atoms with Gasteiger partial charge < -0.3 is 14.2 Å². The highest BCUT2D eigenvalue weighted by molar-refractivity contribution is 6.06. The Kier molecular flexibility index (Phi) is 4.44. The number of benzene rings is 2. The third-order valence-electron chi connectivity index (χ3n) is 5.17. The Bertz CT molecular complexity index is 1060. The molecule has 2 aromatic carbocycles. The van der Waals surface area contributed by atoms with Gasteiger partial charge in [-0.1, -0.05) is 43.3 Å². The highest BCUT2D eigenvalue weighted by Crippen LogP contribution is 2.25. The fourth-order valence-corrected chi connectivity index (χ4v) is 3.53. The number of fused-ring (bicyclic) bond motifs is 1. The highest BCUT2D eigenvalue weighted by atomic mass is 16.5. The summed E-state index contributed by atoms with van der Waals surface area (Å²) in [5.41, 5.74) is 2.21. The molecular weight excluding hydrogens is 340 g/mol. The molecule has 1 aliphatic heterocycles. The van der Waals surface area contributed by atoms with E-state index in [1.807, 2.05) is 42.5 Å². The first-order chi connectivity index (χ1) is 13.1. The zero-order chi connectivity index (χ0) is 19.0. The Balaban J connectivity index is 1.52. The number of aromatic nitrogens is 1. The van der Waals surface area contributed by atoms with Crippen molar-refractivity contribution in [2.24, 2.45) is 7.05 Å². The van der Waals surface area contributed by atoms with Gasteiger partial charge in [-0.15, -0.1) is 0 Å². The van der Waals surface area contributed by atoms with E-state index in [9.17, 15) is 9.59 Å². The molecule has 27 heavy (non-hydrogen) atoms. The SMILES string of the molecule is CCc1ccccc1OC1CN(C(=O)c2cc(=O)n(C)c3ccccc23)C1. The highest BCUT2D eigenvalue weighted by Gasteiger charge is 2.34. The van der Waals surface area contributed by atoms with E-state index in [1.165, 1.54) is 11.6 Å². The monoisotopic (exact) mass is 362 g/mol. The van der Waals surface area contributed by atoms with Gasteiger partial charge in [0.1, 0.15) is 11.9 Å². The number of ether oxygens (including phenoxy) is 1. The number of para-hydroxylation sites is 2. The predicted molar refractivity (Wildman–Crippen MR) is 105 cm³/mol. The molecule has 2 heterocycles. The van der Waals surface area contributed by atoms with Crippen molar-refractivity contribution in [1.82, 2.24) is 9.47 Å². The zero-order valence-corrected chi connectivity index (χ0v) is 15.5. The molecule has 4 rings (SSSR count). The maximum Gasteiger partial charge on any atom is 0.255 e. The first-order valence-electron chi connectivity index (χ1n) is 9.21. The van der Waals surface area contributed by atoms with E-state index in [0.29, 0.717) is 18.7 Å². The lowest BCUT2D eigenvalue weighted by atomic mass is 10.0. The number of amides is 1. The molecule has 5 heteroatoms. The van der Waals surface area contributed by atoms with Gasteiger partial charge in [0.05, 0.1) is 24.2 Å². The van der Waals surface area contributed by atoms with Gasteiger partial charge in [0.2, 0.25) is 0 Å². The van der Waals surface area contributed by atoms with Crippen molar-refractivity contribution >= 4 is 16.8 Å². The van der Waals surface area contributed by atoms with Gasteiger partial charge >= 0.3 is 0 Å². The van der Waals surface area contributed by atoms with Gasteiger partial charge in [-0.2, -0.15) is 0 Å². The summed E-state index contributed by atoms with van der Waals surface area (Å²) < 4.78 is 7.62. The van der Waals surface area contributed by atoms with E-state index in [4.69, 9.17) is 4.74 Å². The second-order valence-electron chi connectivity index (χ2n) is 6.88. The second kappa shape index (κ2) is 6.91. The van der Waals surface area contributed by atoms with Crippen LogP contribution >= 0.6 is 0 Å². The number of aryl methyl sites for hydroxylation is 2. The minimum Gasteiger partial charge on any atom is -0.486 e. The third-order valence-corrected chi connectivity index (χ3v) is 5.17. The first-order valence-corrected chi connectivity index (χ1v) is 9.21. The largest absolute Gasteiger partial charge is 0.486 e. The Morgan fingerprint density at radius 2 is 1.81 bits per heavy atom. The van der Waals surface area contributed by atoms with Crippen molar-refractivity contribution in [3.05, 3.63) is 76.1 Å². The van der Waals surface area contributed by atoms with Crippen LogP contribution in [0.25, 0.3) is 10.9 Å². The Morgan fingerprint density at radius 1 is 1.11 bits per heavy atom. The molecule has 0 bridgehead atoms. The number of nitrogens with zero attached hydrogens (tertiary/aromatic N) is 2. The van der Waals surface area contributed by atoms with Crippen LogP contribution in [0.15, 0.2) is 59.4 Å². The maximum absolute atomic E-state index is 12.9. The lowest BCUT2D eigenvalue weighted by Crippen LogP contribution is -2.56. The molecular formula is C22H22N2O3. The second-order valence-corrected chi connectivity index (χ2v) is 6.88. The van der Waals surface area contributed by atoms with Gasteiger partial charge in [-0.25, -0.2) is 0 Å². The fraction of sp³-hybridized carbons (Fsp3) is 0.273. The van der Waals surface area contributed by atoms with Crippen LogP contribution < -0.4 is 10.3 Å². The van der Waals surface area contributed by atoms with Crippen molar-refractivity contribution in [3.63, 3.8) is 0 Å². The van der Waals surface area contributed by atoms with Gasteiger partial charge in [0.25, 0.3) is 11.5 Å². The van der Waals surface area contributed by atoms with Crippen LogP contribution in [-0.2, 0) is 13.5 Å². The molecule has 138 valence electrons. The summed E-state index contributed by atoms with van der Waals surface area (Å²) in [6, 6.07) is 16.9.